The van der Waals surface area contributed by atoms with E-state index in [0.29, 0.717) is 5.66 Å². The first-order valence-corrected chi connectivity index (χ1v) is 17.0. The second kappa shape index (κ2) is 12.9. The fraction of sp³-hybridized carbons (Fsp3) is 0.222. The first kappa shape index (κ1) is 26.3. The minimum absolute atomic E-state index is 0.208. The van der Waals surface area contributed by atoms with Crippen molar-refractivity contribution in [3.05, 3.63) is 139 Å². The van der Waals surface area contributed by atoms with Gasteiger partial charge in [-0.25, -0.2) is 0 Å². The van der Waals surface area contributed by atoms with Crippen LogP contribution in [0, 0.1) is 0 Å². The maximum atomic E-state index is 7.20. The summed E-state index contributed by atoms with van der Waals surface area (Å²) in [5.41, 5.74) is 0.492. The summed E-state index contributed by atoms with van der Waals surface area (Å²) in [6, 6.07) is 42.3. The van der Waals surface area contributed by atoms with Gasteiger partial charge in [0, 0.05) is 11.0 Å². The second-order valence-corrected chi connectivity index (χ2v) is 15.0. The quantitative estimate of drug-likeness (QED) is 0.203. The van der Waals surface area contributed by atoms with E-state index in [1.165, 1.54) is 45.8 Å². The Labute approximate surface area is 236 Å². The van der Waals surface area contributed by atoms with E-state index in [1.807, 2.05) is 0 Å². The largest absolute Gasteiger partial charge is 0.489 e. The van der Waals surface area contributed by atoms with E-state index in [4.69, 9.17) is 4.74 Å². The molecule has 4 aromatic rings. The van der Waals surface area contributed by atoms with Crippen molar-refractivity contribution in [2.24, 2.45) is 0 Å². The van der Waals surface area contributed by atoms with Crippen molar-refractivity contribution < 1.29 is 4.74 Å². The smallest absolute Gasteiger partial charge is 0.128 e. The minimum Gasteiger partial charge on any atom is -0.489 e. The molecular formula is C36H36OP2. The van der Waals surface area contributed by atoms with Gasteiger partial charge in [-0.1, -0.05) is 134 Å². The number of rotatable bonds is 8. The number of hydrogen-bond donors (Lipinski definition) is 0. The van der Waals surface area contributed by atoms with Gasteiger partial charge in [0.2, 0.25) is 0 Å². The lowest BCUT2D eigenvalue weighted by molar-refractivity contribution is 0.162. The van der Waals surface area contributed by atoms with Gasteiger partial charge in [-0.15, -0.1) is 0 Å². The van der Waals surface area contributed by atoms with Crippen molar-refractivity contribution >= 4 is 37.1 Å². The van der Waals surface area contributed by atoms with E-state index in [1.54, 1.807) is 0 Å². The molecular weight excluding hydrogens is 510 g/mol. The van der Waals surface area contributed by atoms with Crippen LogP contribution in [-0.4, -0.2) is 11.8 Å². The Kier molecular flexibility index (Phi) is 8.69. The highest BCUT2D eigenvalue weighted by Gasteiger charge is 2.36. The Hall–Kier alpha value is -2.98. The van der Waals surface area contributed by atoms with Crippen LogP contribution >= 0.6 is 15.8 Å². The van der Waals surface area contributed by atoms with Crippen LogP contribution in [0.2, 0.25) is 0 Å². The molecule has 2 unspecified atom stereocenters. The summed E-state index contributed by atoms with van der Waals surface area (Å²) in [5, 5.41) is 7.21. The maximum Gasteiger partial charge on any atom is 0.128 e. The third-order valence-electron chi connectivity index (χ3n) is 7.75. The van der Waals surface area contributed by atoms with Crippen LogP contribution in [0.5, 0.6) is 5.75 Å². The fourth-order valence-electron chi connectivity index (χ4n) is 5.94. The summed E-state index contributed by atoms with van der Waals surface area (Å²) in [7, 11) is -1.17. The monoisotopic (exact) mass is 546 g/mol. The molecule has 0 N–H and O–H groups in total. The molecule has 6 rings (SSSR count). The van der Waals surface area contributed by atoms with Gasteiger partial charge in [-0.2, -0.15) is 0 Å². The molecule has 3 atom stereocenters. The van der Waals surface area contributed by atoms with E-state index < -0.39 is 15.8 Å². The summed E-state index contributed by atoms with van der Waals surface area (Å²) >= 11 is 0. The van der Waals surface area contributed by atoms with E-state index >= 15 is 0 Å². The first-order chi connectivity index (χ1) is 19.4. The highest BCUT2D eigenvalue weighted by Crippen LogP contribution is 2.50. The third-order valence-corrected chi connectivity index (χ3v) is 13.3. The van der Waals surface area contributed by atoms with E-state index in [9.17, 15) is 0 Å². The molecule has 1 saturated carbocycles. The van der Waals surface area contributed by atoms with Crippen LogP contribution in [0.15, 0.2) is 139 Å². The Morgan fingerprint density at radius 3 is 1.85 bits per heavy atom. The lowest BCUT2D eigenvalue weighted by Crippen LogP contribution is -2.39. The van der Waals surface area contributed by atoms with Gasteiger partial charge < -0.3 is 4.74 Å². The van der Waals surface area contributed by atoms with Gasteiger partial charge >= 0.3 is 0 Å². The van der Waals surface area contributed by atoms with Crippen molar-refractivity contribution in [3.63, 3.8) is 0 Å². The van der Waals surface area contributed by atoms with Crippen LogP contribution < -0.4 is 26.0 Å². The predicted molar refractivity (Wildman–Crippen MR) is 171 cm³/mol. The lowest BCUT2D eigenvalue weighted by Gasteiger charge is -2.38. The van der Waals surface area contributed by atoms with Crippen LogP contribution in [-0.2, 0) is 0 Å². The molecule has 196 valence electrons. The zero-order chi connectivity index (χ0) is 26.3. The predicted octanol–water partition coefficient (Wildman–Crippen LogP) is 8.18. The molecule has 1 nitrogen and oxygen atoms in total. The highest BCUT2D eigenvalue weighted by molar-refractivity contribution is 7.77. The Morgan fingerprint density at radius 1 is 0.615 bits per heavy atom. The molecule has 39 heavy (non-hydrogen) atoms. The van der Waals surface area contributed by atoms with Gasteiger partial charge in [0.15, 0.2) is 0 Å². The molecule has 0 heterocycles. The molecule has 1 fully saturated rings. The zero-order valence-corrected chi connectivity index (χ0v) is 24.2. The SMILES string of the molecule is C1=CCCC(P(c2ccccc2)c2ccccc2OC2CCCC[C@H]2P(c2ccccc2)c2ccccc2)=C1. The first-order valence-electron chi connectivity index (χ1n) is 14.2. The van der Waals surface area contributed by atoms with Crippen LogP contribution in [0.1, 0.15) is 38.5 Å². The van der Waals surface area contributed by atoms with Crippen LogP contribution in [0.25, 0.3) is 0 Å². The number of allylic oxidation sites excluding steroid dienone is 4. The zero-order valence-electron chi connectivity index (χ0n) is 22.4. The Bertz CT molecular complexity index is 1360. The van der Waals surface area contributed by atoms with Crippen molar-refractivity contribution in [1.29, 1.82) is 0 Å². The van der Waals surface area contributed by atoms with Gasteiger partial charge in [0.05, 0.1) is 0 Å². The standard InChI is InChI=1S/C36H36OP2/c1-5-17-29(18-6-1)38(30-19-7-2-8-20-30)35-27-15-13-25-33(35)37-34-26-14-16-28-36(34)39(31-21-9-3-10-22-31)32-23-11-4-12-24-32/h1-11,14,16-23,26,28,33,35H,12-13,15,24-25,27H2/t33?,35-,39?/m1/s1. The molecule has 0 amide bonds. The highest BCUT2D eigenvalue weighted by atomic mass is 31.1. The van der Waals surface area contributed by atoms with Crippen molar-refractivity contribution in [2.45, 2.75) is 50.3 Å². The summed E-state index contributed by atoms with van der Waals surface area (Å²) in [6.45, 7) is 0. The molecule has 0 radical (unpaired) electrons. The summed E-state index contributed by atoms with van der Waals surface area (Å²) in [5.74, 6) is 1.08. The lowest BCUT2D eigenvalue weighted by atomic mass is 9.97. The van der Waals surface area contributed by atoms with Crippen LogP contribution in [0.4, 0.5) is 0 Å². The average molecular weight is 547 g/mol. The Morgan fingerprint density at radius 2 is 1.21 bits per heavy atom. The Balaban J connectivity index is 1.38. The summed E-state index contributed by atoms with van der Waals surface area (Å²) in [4.78, 5) is 0. The number of ether oxygens (including phenoxy) is 1. The normalized spacial score (nSPS) is 19.9. The molecule has 0 aromatic heterocycles. The summed E-state index contributed by atoms with van der Waals surface area (Å²) in [6.07, 6.45) is 14.2. The van der Waals surface area contributed by atoms with Gasteiger partial charge in [-0.05, 0) is 75.2 Å². The van der Waals surface area contributed by atoms with Gasteiger partial charge in [-0.3, -0.25) is 0 Å². The molecule has 2 aliphatic rings. The van der Waals surface area contributed by atoms with Crippen LogP contribution in [0.3, 0.4) is 0 Å². The molecule has 0 saturated heterocycles. The molecule has 3 heteroatoms. The second-order valence-electron chi connectivity index (χ2n) is 10.3. The number of para-hydroxylation sites is 1. The third kappa shape index (κ3) is 6.11. The molecule has 0 aliphatic heterocycles. The summed E-state index contributed by atoms with van der Waals surface area (Å²) < 4.78 is 7.20. The number of hydrogen-bond acceptors (Lipinski definition) is 1. The topological polar surface area (TPSA) is 9.23 Å². The molecule has 0 bridgehead atoms. The average Bonchev–Trinajstić information content (AvgIpc) is 3.01. The van der Waals surface area contributed by atoms with Crippen molar-refractivity contribution in [1.82, 2.24) is 0 Å². The maximum absolute atomic E-state index is 7.20. The van der Waals surface area contributed by atoms with E-state index in [2.05, 4.69) is 133 Å². The van der Waals surface area contributed by atoms with Gasteiger partial charge in [0.25, 0.3) is 0 Å². The van der Waals surface area contributed by atoms with Crippen molar-refractivity contribution in [2.75, 3.05) is 0 Å². The van der Waals surface area contributed by atoms with E-state index in [0.717, 1.165) is 25.0 Å². The molecule has 2 aliphatic carbocycles. The molecule has 4 aromatic carbocycles. The fourth-order valence-corrected chi connectivity index (χ4v) is 11.5. The minimum atomic E-state index is -0.644. The molecule has 0 spiro atoms. The van der Waals surface area contributed by atoms with Crippen molar-refractivity contribution in [3.8, 4) is 5.75 Å². The van der Waals surface area contributed by atoms with Gasteiger partial charge in [0.1, 0.15) is 11.9 Å². The number of benzene rings is 4. The van der Waals surface area contributed by atoms with E-state index in [-0.39, 0.29) is 6.10 Å².